The molecule has 1 heterocycles. The SMILES string of the molecule is CCCC(C(=O)O)c1cc(C)c(C(=O)c2ccc(C(F)(F)F)cc2)n1C. The van der Waals surface area contributed by atoms with E-state index < -0.39 is 29.4 Å². The van der Waals surface area contributed by atoms with Crippen LogP contribution in [0, 0.1) is 6.92 Å². The molecule has 0 aliphatic heterocycles. The molecule has 140 valence electrons. The number of carbonyl (C=O) groups is 2. The Morgan fingerprint density at radius 3 is 2.23 bits per heavy atom. The Bertz CT molecular complexity index is 820. The molecule has 0 saturated carbocycles. The van der Waals surface area contributed by atoms with E-state index in [-0.39, 0.29) is 11.3 Å². The summed E-state index contributed by atoms with van der Waals surface area (Å²) >= 11 is 0. The highest BCUT2D eigenvalue weighted by Gasteiger charge is 2.31. The van der Waals surface area contributed by atoms with Gasteiger partial charge >= 0.3 is 12.1 Å². The lowest BCUT2D eigenvalue weighted by molar-refractivity contribution is -0.139. The van der Waals surface area contributed by atoms with E-state index in [1.807, 2.05) is 6.92 Å². The number of carboxylic acid groups (broad SMARTS) is 1. The van der Waals surface area contributed by atoms with Crippen LogP contribution in [-0.2, 0) is 18.0 Å². The van der Waals surface area contributed by atoms with Gasteiger partial charge in [-0.3, -0.25) is 9.59 Å². The number of halogens is 3. The second-order valence-electron chi connectivity index (χ2n) is 6.24. The number of nitrogens with zero attached hydrogens (tertiary/aromatic N) is 1. The zero-order chi connectivity index (χ0) is 19.6. The number of carbonyl (C=O) groups excluding carboxylic acids is 1. The fourth-order valence-electron chi connectivity index (χ4n) is 3.08. The Morgan fingerprint density at radius 2 is 1.77 bits per heavy atom. The van der Waals surface area contributed by atoms with Crippen molar-refractivity contribution in [3.05, 3.63) is 58.4 Å². The molecular formula is C19H20F3NO3. The maximum Gasteiger partial charge on any atom is 0.416 e. The number of carboxylic acids is 1. The standard InChI is InChI=1S/C19H20F3NO3/c1-4-5-14(18(25)26)15-10-11(2)16(23(15)3)17(24)12-6-8-13(9-7-12)19(20,21)22/h6-10,14H,4-5H2,1-3H3,(H,25,26). The van der Waals surface area contributed by atoms with Crippen LogP contribution in [0.1, 0.15) is 58.6 Å². The Kier molecular flexibility index (Phi) is 5.59. The van der Waals surface area contributed by atoms with Crippen molar-refractivity contribution in [1.82, 2.24) is 4.57 Å². The van der Waals surface area contributed by atoms with Crippen LogP contribution in [-0.4, -0.2) is 21.4 Å². The molecule has 0 fully saturated rings. The fraction of sp³-hybridized carbons (Fsp3) is 0.368. The molecular weight excluding hydrogens is 347 g/mol. The number of hydrogen-bond donors (Lipinski definition) is 1. The van der Waals surface area contributed by atoms with Crippen LogP contribution in [0.15, 0.2) is 30.3 Å². The maximum absolute atomic E-state index is 12.8. The van der Waals surface area contributed by atoms with Crippen LogP contribution in [0.5, 0.6) is 0 Å². The molecule has 7 heteroatoms. The quantitative estimate of drug-likeness (QED) is 0.762. The van der Waals surface area contributed by atoms with E-state index in [1.165, 1.54) is 4.57 Å². The molecule has 2 rings (SSSR count). The number of alkyl halides is 3. The molecule has 2 aromatic rings. The van der Waals surface area contributed by atoms with Crippen LogP contribution in [0.4, 0.5) is 13.2 Å². The van der Waals surface area contributed by atoms with Gasteiger partial charge in [0.05, 0.1) is 17.2 Å². The topological polar surface area (TPSA) is 59.3 Å². The van der Waals surface area contributed by atoms with Crippen molar-refractivity contribution in [3.8, 4) is 0 Å². The van der Waals surface area contributed by atoms with Gasteiger partial charge in [0.25, 0.3) is 0 Å². The lowest BCUT2D eigenvalue weighted by Gasteiger charge is -2.14. The van der Waals surface area contributed by atoms with Crippen molar-refractivity contribution < 1.29 is 27.9 Å². The number of aryl methyl sites for hydroxylation is 1. The summed E-state index contributed by atoms with van der Waals surface area (Å²) in [6.45, 7) is 3.56. The van der Waals surface area contributed by atoms with Crippen molar-refractivity contribution in [2.24, 2.45) is 7.05 Å². The van der Waals surface area contributed by atoms with Crippen LogP contribution >= 0.6 is 0 Å². The van der Waals surface area contributed by atoms with Gasteiger partial charge in [0.1, 0.15) is 0 Å². The van der Waals surface area contributed by atoms with Gasteiger partial charge in [-0.05, 0) is 37.1 Å². The molecule has 0 spiro atoms. The van der Waals surface area contributed by atoms with Gasteiger partial charge in [0.15, 0.2) is 0 Å². The predicted octanol–water partition coefficient (Wildman–Crippen LogP) is 4.55. The van der Waals surface area contributed by atoms with Crippen LogP contribution in [0.3, 0.4) is 0 Å². The van der Waals surface area contributed by atoms with Gasteiger partial charge in [-0.25, -0.2) is 0 Å². The first-order chi connectivity index (χ1) is 12.1. The second-order valence-corrected chi connectivity index (χ2v) is 6.24. The van der Waals surface area contributed by atoms with Crippen LogP contribution < -0.4 is 0 Å². The van der Waals surface area contributed by atoms with Crippen molar-refractivity contribution >= 4 is 11.8 Å². The van der Waals surface area contributed by atoms with E-state index in [4.69, 9.17) is 0 Å². The minimum atomic E-state index is -4.47. The zero-order valence-electron chi connectivity index (χ0n) is 14.7. The third-order valence-electron chi connectivity index (χ3n) is 4.38. The largest absolute Gasteiger partial charge is 0.481 e. The third kappa shape index (κ3) is 3.81. The van der Waals surface area contributed by atoms with E-state index in [0.717, 1.165) is 24.3 Å². The van der Waals surface area contributed by atoms with Crippen molar-refractivity contribution in [3.63, 3.8) is 0 Å². The molecule has 1 aromatic heterocycles. The first kappa shape index (κ1) is 19.8. The lowest BCUT2D eigenvalue weighted by atomic mass is 10.00. The summed E-state index contributed by atoms with van der Waals surface area (Å²) in [5.74, 6) is -2.15. The van der Waals surface area contributed by atoms with E-state index in [0.29, 0.717) is 24.1 Å². The highest BCUT2D eigenvalue weighted by atomic mass is 19.4. The van der Waals surface area contributed by atoms with Gasteiger partial charge in [0.2, 0.25) is 5.78 Å². The molecule has 1 unspecified atom stereocenters. The smallest absolute Gasteiger partial charge is 0.416 e. The molecule has 1 aromatic carbocycles. The van der Waals surface area contributed by atoms with E-state index in [2.05, 4.69) is 0 Å². The average molecular weight is 367 g/mol. The second kappa shape index (κ2) is 7.35. The van der Waals surface area contributed by atoms with Gasteiger partial charge < -0.3 is 9.67 Å². The molecule has 1 N–H and O–H groups in total. The van der Waals surface area contributed by atoms with Gasteiger partial charge in [-0.15, -0.1) is 0 Å². The molecule has 0 aliphatic rings. The monoisotopic (exact) mass is 367 g/mol. The summed E-state index contributed by atoms with van der Waals surface area (Å²) in [5.41, 5.74) is 0.674. The van der Waals surface area contributed by atoms with Gasteiger partial charge in [0, 0.05) is 18.3 Å². The number of benzene rings is 1. The summed E-state index contributed by atoms with van der Waals surface area (Å²) < 4.78 is 39.5. The molecule has 0 bridgehead atoms. The Labute approximate surface area is 149 Å². The summed E-state index contributed by atoms with van der Waals surface area (Å²) in [6.07, 6.45) is -3.37. The Balaban J connectivity index is 2.42. The highest BCUT2D eigenvalue weighted by Crippen LogP contribution is 2.30. The number of aliphatic carboxylic acids is 1. The molecule has 1 atom stereocenters. The lowest BCUT2D eigenvalue weighted by Crippen LogP contribution is -2.17. The molecule has 0 saturated heterocycles. The summed E-state index contributed by atoms with van der Waals surface area (Å²) in [4.78, 5) is 24.3. The van der Waals surface area contributed by atoms with Crippen molar-refractivity contribution in [2.75, 3.05) is 0 Å². The highest BCUT2D eigenvalue weighted by molar-refractivity contribution is 6.09. The van der Waals surface area contributed by atoms with Gasteiger partial charge in [-0.1, -0.05) is 25.5 Å². The predicted molar refractivity (Wildman–Crippen MR) is 90.3 cm³/mol. The maximum atomic E-state index is 12.8. The summed E-state index contributed by atoms with van der Waals surface area (Å²) in [5, 5.41) is 9.44. The Hall–Kier alpha value is -2.57. The number of rotatable bonds is 6. The van der Waals surface area contributed by atoms with E-state index >= 15 is 0 Å². The van der Waals surface area contributed by atoms with Crippen LogP contribution in [0.25, 0.3) is 0 Å². The minimum absolute atomic E-state index is 0.121. The first-order valence-electron chi connectivity index (χ1n) is 8.18. The molecule has 26 heavy (non-hydrogen) atoms. The summed E-state index contributed by atoms with van der Waals surface area (Å²) in [7, 11) is 1.60. The van der Waals surface area contributed by atoms with Crippen LogP contribution in [0.2, 0.25) is 0 Å². The van der Waals surface area contributed by atoms with Crippen molar-refractivity contribution in [2.45, 2.75) is 38.8 Å². The summed E-state index contributed by atoms with van der Waals surface area (Å²) in [6, 6.07) is 5.66. The molecule has 4 nitrogen and oxygen atoms in total. The normalized spacial score (nSPS) is 12.8. The first-order valence-corrected chi connectivity index (χ1v) is 8.18. The molecule has 0 aliphatic carbocycles. The third-order valence-corrected chi connectivity index (χ3v) is 4.38. The zero-order valence-corrected chi connectivity index (χ0v) is 14.7. The number of ketones is 1. The Morgan fingerprint density at radius 1 is 1.19 bits per heavy atom. The molecule has 0 amide bonds. The molecule has 0 radical (unpaired) electrons. The minimum Gasteiger partial charge on any atom is -0.481 e. The number of aromatic nitrogens is 1. The van der Waals surface area contributed by atoms with Gasteiger partial charge in [-0.2, -0.15) is 13.2 Å². The average Bonchev–Trinajstić information content (AvgIpc) is 2.85. The van der Waals surface area contributed by atoms with Crippen molar-refractivity contribution in [1.29, 1.82) is 0 Å². The number of hydrogen-bond acceptors (Lipinski definition) is 2. The van der Waals surface area contributed by atoms with E-state index in [1.54, 1.807) is 20.0 Å². The fourth-order valence-corrected chi connectivity index (χ4v) is 3.08. The van der Waals surface area contributed by atoms with E-state index in [9.17, 15) is 27.9 Å².